The van der Waals surface area contributed by atoms with Gasteiger partial charge in [0.1, 0.15) is 10.6 Å². The number of aromatic nitrogens is 2. The molecule has 1 unspecified atom stereocenters. The third kappa shape index (κ3) is 3.59. The lowest BCUT2D eigenvalue weighted by atomic mass is 10.1. The van der Waals surface area contributed by atoms with E-state index in [-0.39, 0.29) is 0 Å². The van der Waals surface area contributed by atoms with Crippen LogP contribution >= 0.6 is 22.7 Å². The number of aliphatic hydroxyl groups is 1. The molecular formula is C16H17N3OS2. The molecule has 0 bridgehead atoms. The average molecular weight is 331 g/mol. The van der Waals surface area contributed by atoms with E-state index in [0.29, 0.717) is 13.1 Å². The van der Waals surface area contributed by atoms with Crippen molar-refractivity contribution >= 4 is 22.7 Å². The van der Waals surface area contributed by atoms with Crippen LogP contribution in [0.1, 0.15) is 17.5 Å². The van der Waals surface area contributed by atoms with E-state index in [0.717, 1.165) is 21.3 Å². The van der Waals surface area contributed by atoms with Gasteiger partial charge in [-0.15, -0.1) is 22.7 Å². The maximum absolute atomic E-state index is 10.5. The number of pyridine rings is 1. The molecule has 22 heavy (non-hydrogen) atoms. The topological polar surface area (TPSA) is 58.0 Å². The van der Waals surface area contributed by atoms with Crippen LogP contribution in [0.3, 0.4) is 0 Å². The number of nitrogens with one attached hydrogen (secondary N) is 1. The van der Waals surface area contributed by atoms with E-state index >= 15 is 0 Å². The smallest absolute Gasteiger partial charge is 0.142 e. The van der Waals surface area contributed by atoms with Gasteiger partial charge in [0.15, 0.2) is 0 Å². The molecule has 0 aromatic carbocycles. The van der Waals surface area contributed by atoms with Gasteiger partial charge in [-0.2, -0.15) is 0 Å². The maximum atomic E-state index is 10.5. The lowest BCUT2D eigenvalue weighted by molar-refractivity contribution is 0.0604. The van der Waals surface area contributed by atoms with Crippen molar-refractivity contribution in [2.75, 3.05) is 6.54 Å². The van der Waals surface area contributed by atoms with Crippen molar-refractivity contribution in [2.45, 2.75) is 19.1 Å². The quantitative estimate of drug-likeness (QED) is 0.728. The van der Waals surface area contributed by atoms with E-state index in [1.165, 1.54) is 0 Å². The van der Waals surface area contributed by atoms with E-state index in [9.17, 15) is 5.11 Å². The minimum Gasteiger partial charge on any atom is -0.383 e. The van der Waals surface area contributed by atoms with E-state index < -0.39 is 5.60 Å². The molecule has 3 rings (SSSR count). The summed E-state index contributed by atoms with van der Waals surface area (Å²) in [6, 6.07) is 9.71. The number of thiophene rings is 1. The minimum atomic E-state index is -0.853. The molecule has 0 aliphatic heterocycles. The van der Waals surface area contributed by atoms with Crippen LogP contribution in [0.4, 0.5) is 0 Å². The van der Waals surface area contributed by atoms with E-state index in [2.05, 4.69) is 15.3 Å². The highest BCUT2D eigenvalue weighted by molar-refractivity contribution is 7.13. The normalized spacial score (nSPS) is 13.9. The van der Waals surface area contributed by atoms with Crippen molar-refractivity contribution < 1.29 is 5.11 Å². The fourth-order valence-electron chi connectivity index (χ4n) is 2.10. The highest BCUT2D eigenvalue weighted by Gasteiger charge is 2.23. The number of thiazole rings is 1. The van der Waals surface area contributed by atoms with E-state index in [1.807, 2.05) is 48.0 Å². The van der Waals surface area contributed by atoms with Gasteiger partial charge >= 0.3 is 0 Å². The Labute approximate surface area is 137 Å². The van der Waals surface area contributed by atoms with Crippen LogP contribution in [0.15, 0.2) is 47.3 Å². The zero-order chi connectivity index (χ0) is 15.4. The first kappa shape index (κ1) is 15.3. The van der Waals surface area contributed by atoms with Gasteiger partial charge in [-0.3, -0.25) is 4.98 Å². The van der Waals surface area contributed by atoms with Gasteiger partial charge in [-0.1, -0.05) is 12.1 Å². The predicted molar refractivity (Wildman–Crippen MR) is 90.9 cm³/mol. The number of nitrogens with zero attached hydrogens (tertiary/aromatic N) is 2. The Bertz CT molecular complexity index is 708. The van der Waals surface area contributed by atoms with Crippen LogP contribution in [0.25, 0.3) is 10.7 Å². The first-order chi connectivity index (χ1) is 10.6. The summed E-state index contributed by atoms with van der Waals surface area (Å²) in [7, 11) is 0. The summed E-state index contributed by atoms with van der Waals surface area (Å²) >= 11 is 3.15. The van der Waals surface area contributed by atoms with Crippen molar-refractivity contribution in [1.29, 1.82) is 0 Å². The fraction of sp³-hybridized carbons (Fsp3) is 0.250. The van der Waals surface area contributed by atoms with Gasteiger partial charge < -0.3 is 10.4 Å². The SMILES string of the molecule is CC(O)(CNCc1csc(-c2ccccn2)n1)c1cccs1. The molecule has 0 aliphatic rings. The second-order valence-electron chi connectivity index (χ2n) is 5.21. The van der Waals surface area contributed by atoms with Gasteiger partial charge in [0, 0.05) is 29.5 Å². The number of hydrogen-bond acceptors (Lipinski definition) is 6. The standard InChI is InChI=1S/C16H17N3OS2/c1-16(20,14-6-4-8-21-14)11-17-9-12-10-22-15(19-12)13-5-2-3-7-18-13/h2-8,10,17,20H,9,11H2,1H3. The molecule has 0 saturated carbocycles. The van der Waals surface area contributed by atoms with Gasteiger partial charge in [0.25, 0.3) is 0 Å². The first-order valence-electron chi connectivity index (χ1n) is 6.98. The first-order valence-corrected chi connectivity index (χ1v) is 8.74. The predicted octanol–water partition coefficient (Wildman–Crippen LogP) is 3.26. The van der Waals surface area contributed by atoms with Crippen molar-refractivity contribution in [3.05, 3.63) is 57.9 Å². The summed E-state index contributed by atoms with van der Waals surface area (Å²) in [6.07, 6.45) is 1.77. The maximum Gasteiger partial charge on any atom is 0.142 e. The average Bonchev–Trinajstić information content (AvgIpc) is 3.20. The van der Waals surface area contributed by atoms with Crippen LogP contribution in [0, 0.1) is 0 Å². The molecule has 0 amide bonds. The summed E-state index contributed by atoms with van der Waals surface area (Å²) in [4.78, 5) is 9.85. The largest absolute Gasteiger partial charge is 0.383 e. The molecule has 4 nitrogen and oxygen atoms in total. The van der Waals surface area contributed by atoms with Crippen LogP contribution in [-0.4, -0.2) is 21.6 Å². The summed E-state index contributed by atoms with van der Waals surface area (Å²) in [5.74, 6) is 0. The van der Waals surface area contributed by atoms with Crippen LogP contribution in [0.5, 0.6) is 0 Å². The molecule has 3 aromatic heterocycles. The molecule has 0 aliphatic carbocycles. The summed E-state index contributed by atoms with van der Waals surface area (Å²) < 4.78 is 0. The van der Waals surface area contributed by atoms with E-state index in [1.54, 1.807) is 28.9 Å². The fourth-order valence-corrected chi connectivity index (χ4v) is 3.68. The lowest BCUT2D eigenvalue weighted by Gasteiger charge is -2.22. The highest BCUT2D eigenvalue weighted by atomic mass is 32.1. The second-order valence-corrected chi connectivity index (χ2v) is 7.02. The molecule has 3 heterocycles. The molecular weight excluding hydrogens is 314 g/mol. The molecule has 0 spiro atoms. The number of rotatable bonds is 6. The van der Waals surface area contributed by atoms with E-state index in [4.69, 9.17) is 0 Å². The third-order valence-electron chi connectivity index (χ3n) is 3.26. The van der Waals surface area contributed by atoms with Crippen molar-refractivity contribution in [3.63, 3.8) is 0 Å². The Morgan fingerprint density at radius 2 is 2.14 bits per heavy atom. The monoisotopic (exact) mass is 331 g/mol. The summed E-state index contributed by atoms with van der Waals surface area (Å²) in [6.45, 7) is 2.95. The van der Waals surface area contributed by atoms with Crippen molar-refractivity contribution in [2.24, 2.45) is 0 Å². The Hall–Kier alpha value is -1.60. The molecule has 0 fully saturated rings. The Morgan fingerprint density at radius 3 is 2.86 bits per heavy atom. The zero-order valence-electron chi connectivity index (χ0n) is 12.2. The summed E-state index contributed by atoms with van der Waals surface area (Å²) in [5, 5.41) is 18.7. The van der Waals surface area contributed by atoms with Crippen molar-refractivity contribution in [1.82, 2.24) is 15.3 Å². The number of hydrogen-bond donors (Lipinski definition) is 2. The molecule has 2 N–H and O–H groups in total. The van der Waals surface area contributed by atoms with Crippen LogP contribution in [-0.2, 0) is 12.1 Å². The lowest BCUT2D eigenvalue weighted by Crippen LogP contribution is -2.34. The molecule has 0 saturated heterocycles. The molecule has 6 heteroatoms. The second kappa shape index (κ2) is 6.66. The van der Waals surface area contributed by atoms with Gasteiger partial charge in [0.05, 0.1) is 11.4 Å². The molecule has 1 atom stereocenters. The third-order valence-corrected chi connectivity index (χ3v) is 5.30. The Kier molecular flexibility index (Phi) is 4.63. The van der Waals surface area contributed by atoms with Gasteiger partial charge in [-0.05, 0) is 30.5 Å². The van der Waals surface area contributed by atoms with Crippen LogP contribution < -0.4 is 5.32 Å². The molecule has 0 radical (unpaired) electrons. The van der Waals surface area contributed by atoms with Crippen LogP contribution in [0.2, 0.25) is 0 Å². The minimum absolute atomic E-state index is 0.490. The van der Waals surface area contributed by atoms with Gasteiger partial charge in [-0.25, -0.2) is 4.98 Å². The molecule has 114 valence electrons. The Balaban J connectivity index is 1.58. The Morgan fingerprint density at radius 1 is 1.23 bits per heavy atom. The summed E-state index contributed by atoms with van der Waals surface area (Å²) in [5.41, 5.74) is 1.01. The highest BCUT2D eigenvalue weighted by Crippen LogP contribution is 2.25. The van der Waals surface area contributed by atoms with Crippen molar-refractivity contribution in [3.8, 4) is 10.7 Å². The zero-order valence-corrected chi connectivity index (χ0v) is 13.8. The van der Waals surface area contributed by atoms with Gasteiger partial charge in [0.2, 0.25) is 0 Å². The molecule has 3 aromatic rings.